The molecular formula is C14H20N6. The fourth-order valence-electron chi connectivity index (χ4n) is 2.52. The number of rotatable bonds is 3. The normalized spacial score (nSPS) is 16.6. The molecular weight excluding hydrogens is 252 g/mol. The Kier molecular flexibility index (Phi) is 3.62. The van der Waals surface area contributed by atoms with E-state index in [-0.39, 0.29) is 0 Å². The molecule has 3 rings (SSSR count). The van der Waals surface area contributed by atoms with E-state index in [0.29, 0.717) is 6.04 Å². The Labute approximate surface area is 118 Å². The number of aromatic nitrogens is 5. The summed E-state index contributed by atoms with van der Waals surface area (Å²) >= 11 is 0. The van der Waals surface area contributed by atoms with Gasteiger partial charge in [-0.3, -0.25) is 0 Å². The van der Waals surface area contributed by atoms with Crippen LogP contribution >= 0.6 is 0 Å². The van der Waals surface area contributed by atoms with E-state index in [1.54, 1.807) is 0 Å². The molecule has 106 valence electrons. The first kappa shape index (κ1) is 13.0. The molecule has 0 radical (unpaired) electrons. The van der Waals surface area contributed by atoms with Gasteiger partial charge in [0.15, 0.2) is 0 Å². The molecule has 1 fully saturated rings. The van der Waals surface area contributed by atoms with E-state index in [2.05, 4.69) is 32.0 Å². The maximum atomic E-state index is 4.45. The lowest BCUT2D eigenvalue weighted by atomic mass is 10.1. The summed E-state index contributed by atoms with van der Waals surface area (Å²) in [6.07, 6.45) is 8.71. The van der Waals surface area contributed by atoms with Gasteiger partial charge < -0.3 is 4.90 Å². The molecule has 0 spiro atoms. The summed E-state index contributed by atoms with van der Waals surface area (Å²) in [7, 11) is 0. The number of anilines is 1. The minimum atomic E-state index is 0.398. The summed E-state index contributed by atoms with van der Waals surface area (Å²) in [5.41, 5.74) is 2.16. The fraction of sp³-hybridized carbons (Fsp3) is 0.571. The molecule has 1 aliphatic rings. The Morgan fingerprint density at radius 1 is 1.15 bits per heavy atom. The maximum Gasteiger partial charge on any atom is 0.225 e. The highest BCUT2D eigenvalue weighted by Gasteiger charge is 2.23. The summed E-state index contributed by atoms with van der Waals surface area (Å²) in [6, 6.07) is 0.398. The van der Waals surface area contributed by atoms with Crippen LogP contribution in [0.15, 0.2) is 18.6 Å². The molecule has 2 aromatic rings. The van der Waals surface area contributed by atoms with Gasteiger partial charge in [-0.25, -0.2) is 9.97 Å². The lowest BCUT2D eigenvalue weighted by molar-refractivity contribution is 0.331. The number of nitrogens with zero attached hydrogens (tertiary/aromatic N) is 6. The molecule has 0 atom stereocenters. The van der Waals surface area contributed by atoms with Crippen molar-refractivity contribution in [1.82, 2.24) is 25.0 Å². The molecule has 1 saturated heterocycles. The second kappa shape index (κ2) is 5.56. The van der Waals surface area contributed by atoms with E-state index < -0.39 is 0 Å². The van der Waals surface area contributed by atoms with Crippen LogP contribution in [-0.2, 0) is 6.42 Å². The van der Waals surface area contributed by atoms with Gasteiger partial charge in [-0.15, -0.1) is 0 Å². The minimum absolute atomic E-state index is 0.398. The summed E-state index contributed by atoms with van der Waals surface area (Å²) in [6.45, 7) is 6.00. The largest absolute Gasteiger partial charge is 0.341 e. The average Bonchev–Trinajstić information content (AvgIpc) is 2.94. The van der Waals surface area contributed by atoms with Gasteiger partial charge in [-0.05, 0) is 31.7 Å². The predicted molar refractivity (Wildman–Crippen MR) is 76.7 cm³/mol. The Morgan fingerprint density at radius 3 is 2.40 bits per heavy atom. The number of hydrogen-bond acceptors (Lipinski definition) is 5. The van der Waals surface area contributed by atoms with Crippen molar-refractivity contribution in [2.45, 2.75) is 39.2 Å². The Hall–Kier alpha value is -1.98. The summed E-state index contributed by atoms with van der Waals surface area (Å²) in [5, 5.41) is 8.73. The van der Waals surface area contributed by atoms with Crippen LogP contribution in [0.25, 0.3) is 0 Å². The van der Waals surface area contributed by atoms with Crippen molar-refractivity contribution in [3.05, 3.63) is 29.8 Å². The number of hydrogen-bond donors (Lipinski definition) is 0. The van der Waals surface area contributed by atoms with Gasteiger partial charge in [0, 0.05) is 25.5 Å². The SMILES string of the molecule is CCc1cnc(N2CCC(n3ncc(C)n3)CC2)nc1. The first-order valence-electron chi connectivity index (χ1n) is 7.20. The van der Waals surface area contributed by atoms with E-state index in [0.717, 1.165) is 44.0 Å². The van der Waals surface area contributed by atoms with Gasteiger partial charge in [-0.2, -0.15) is 15.0 Å². The molecule has 20 heavy (non-hydrogen) atoms. The molecule has 0 amide bonds. The van der Waals surface area contributed by atoms with Gasteiger partial charge in [0.25, 0.3) is 0 Å². The second-order valence-electron chi connectivity index (χ2n) is 5.27. The van der Waals surface area contributed by atoms with E-state index >= 15 is 0 Å². The molecule has 0 aromatic carbocycles. The maximum absolute atomic E-state index is 4.45. The van der Waals surface area contributed by atoms with Gasteiger partial charge in [0.1, 0.15) is 0 Å². The number of piperidine rings is 1. The monoisotopic (exact) mass is 272 g/mol. The summed E-state index contributed by atoms with van der Waals surface area (Å²) in [4.78, 5) is 13.0. The van der Waals surface area contributed by atoms with Crippen LogP contribution in [0.4, 0.5) is 5.95 Å². The lowest BCUT2D eigenvalue weighted by Crippen LogP contribution is -2.36. The van der Waals surface area contributed by atoms with Crippen molar-refractivity contribution in [3.8, 4) is 0 Å². The van der Waals surface area contributed by atoms with E-state index in [1.165, 1.54) is 5.56 Å². The highest BCUT2D eigenvalue weighted by Crippen LogP contribution is 2.23. The Balaban J connectivity index is 1.63. The van der Waals surface area contributed by atoms with Gasteiger partial charge >= 0.3 is 0 Å². The van der Waals surface area contributed by atoms with Crippen molar-refractivity contribution < 1.29 is 0 Å². The average molecular weight is 272 g/mol. The topological polar surface area (TPSA) is 59.7 Å². The van der Waals surface area contributed by atoms with Crippen LogP contribution in [0.3, 0.4) is 0 Å². The zero-order chi connectivity index (χ0) is 13.9. The molecule has 3 heterocycles. The third-order valence-electron chi connectivity index (χ3n) is 3.80. The first-order chi connectivity index (χ1) is 9.76. The highest BCUT2D eigenvalue weighted by molar-refractivity contribution is 5.30. The minimum Gasteiger partial charge on any atom is -0.341 e. The van der Waals surface area contributed by atoms with Crippen molar-refractivity contribution >= 4 is 5.95 Å². The van der Waals surface area contributed by atoms with E-state index in [4.69, 9.17) is 0 Å². The smallest absolute Gasteiger partial charge is 0.225 e. The van der Waals surface area contributed by atoms with E-state index in [9.17, 15) is 0 Å². The first-order valence-corrected chi connectivity index (χ1v) is 7.20. The molecule has 6 nitrogen and oxygen atoms in total. The molecule has 0 bridgehead atoms. The van der Waals surface area contributed by atoms with Crippen LogP contribution in [-0.4, -0.2) is 38.1 Å². The van der Waals surface area contributed by atoms with Gasteiger partial charge in [0.2, 0.25) is 5.95 Å². The third-order valence-corrected chi connectivity index (χ3v) is 3.80. The highest BCUT2D eigenvalue weighted by atomic mass is 15.5. The third kappa shape index (κ3) is 2.64. The quantitative estimate of drug-likeness (QED) is 0.852. The van der Waals surface area contributed by atoms with Crippen molar-refractivity contribution in [1.29, 1.82) is 0 Å². The summed E-state index contributed by atoms with van der Waals surface area (Å²) < 4.78 is 0. The molecule has 0 saturated carbocycles. The molecule has 0 aliphatic carbocycles. The van der Waals surface area contributed by atoms with Gasteiger partial charge in [-0.1, -0.05) is 6.92 Å². The zero-order valence-electron chi connectivity index (χ0n) is 12.0. The second-order valence-corrected chi connectivity index (χ2v) is 5.27. The van der Waals surface area contributed by atoms with Crippen LogP contribution in [0.5, 0.6) is 0 Å². The van der Waals surface area contributed by atoms with Crippen LogP contribution in [0.1, 0.15) is 37.1 Å². The summed E-state index contributed by atoms with van der Waals surface area (Å²) in [5.74, 6) is 0.838. The Morgan fingerprint density at radius 2 is 1.85 bits per heavy atom. The predicted octanol–water partition coefficient (Wildman–Crippen LogP) is 1.78. The molecule has 0 unspecified atom stereocenters. The van der Waals surface area contributed by atoms with Crippen LogP contribution < -0.4 is 4.90 Å². The van der Waals surface area contributed by atoms with Crippen LogP contribution in [0, 0.1) is 6.92 Å². The zero-order valence-corrected chi connectivity index (χ0v) is 12.0. The molecule has 2 aromatic heterocycles. The Bertz CT molecular complexity index is 553. The van der Waals surface area contributed by atoms with Crippen molar-refractivity contribution in [2.75, 3.05) is 18.0 Å². The number of aryl methyl sites for hydroxylation is 2. The van der Waals surface area contributed by atoms with Crippen molar-refractivity contribution in [3.63, 3.8) is 0 Å². The lowest BCUT2D eigenvalue weighted by Gasteiger charge is -2.31. The van der Waals surface area contributed by atoms with E-state index in [1.807, 2.05) is 30.3 Å². The standard InChI is InChI=1S/C14H20N6/c1-3-12-9-15-14(16-10-12)19-6-4-13(5-7-19)20-17-8-11(2)18-20/h8-10,13H,3-7H2,1-2H3. The molecule has 1 aliphatic heterocycles. The van der Waals surface area contributed by atoms with Crippen molar-refractivity contribution in [2.24, 2.45) is 0 Å². The molecule has 0 N–H and O–H groups in total. The fourth-order valence-corrected chi connectivity index (χ4v) is 2.52. The van der Waals surface area contributed by atoms with Gasteiger partial charge in [0.05, 0.1) is 17.9 Å². The molecule has 6 heteroatoms. The van der Waals surface area contributed by atoms with Crippen LogP contribution in [0.2, 0.25) is 0 Å².